The van der Waals surface area contributed by atoms with Crippen molar-refractivity contribution in [2.24, 2.45) is 0 Å². The predicted molar refractivity (Wildman–Crippen MR) is 99.6 cm³/mol. The molecular formula is C17H27FN4O3S. The summed E-state index contributed by atoms with van der Waals surface area (Å²) < 4.78 is 41.7. The summed E-state index contributed by atoms with van der Waals surface area (Å²) in [5.74, 6) is -0.777. The summed E-state index contributed by atoms with van der Waals surface area (Å²) in [6.07, 6.45) is 0. The number of hydrogen-bond acceptors (Lipinski definition) is 4. The first-order valence-corrected chi connectivity index (χ1v) is 10.2. The molecule has 9 heteroatoms. The molecule has 1 aliphatic rings. The third-order valence-corrected chi connectivity index (χ3v) is 6.64. The molecule has 2 rings (SSSR count). The zero-order chi connectivity index (χ0) is 19.3. The van der Waals surface area contributed by atoms with Gasteiger partial charge >= 0.3 is 0 Å². The van der Waals surface area contributed by atoms with Crippen molar-refractivity contribution in [3.05, 3.63) is 29.6 Å². The van der Waals surface area contributed by atoms with E-state index < -0.39 is 16.0 Å². The smallest absolute Gasteiger partial charge is 0.282 e. The van der Waals surface area contributed by atoms with Gasteiger partial charge in [0.1, 0.15) is 5.82 Å². The van der Waals surface area contributed by atoms with E-state index in [1.54, 1.807) is 13.0 Å². The molecule has 0 aromatic heterocycles. The van der Waals surface area contributed by atoms with Gasteiger partial charge in [-0.15, -0.1) is 0 Å². The van der Waals surface area contributed by atoms with Gasteiger partial charge in [-0.1, -0.05) is 19.9 Å². The zero-order valence-electron chi connectivity index (χ0n) is 15.5. The van der Waals surface area contributed by atoms with Crippen LogP contribution in [0.3, 0.4) is 0 Å². The molecule has 1 saturated heterocycles. The molecule has 1 amide bonds. The molecule has 7 nitrogen and oxygen atoms in total. The van der Waals surface area contributed by atoms with Gasteiger partial charge in [0.15, 0.2) is 0 Å². The van der Waals surface area contributed by atoms with Gasteiger partial charge in [-0.25, -0.2) is 4.39 Å². The Labute approximate surface area is 154 Å². The van der Waals surface area contributed by atoms with E-state index in [0.29, 0.717) is 39.3 Å². The van der Waals surface area contributed by atoms with Crippen LogP contribution in [0.2, 0.25) is 0 Å². The zero-order valence-corrected chi connectivity index (χ0v) is 16.4. The monoisotopic (exact) mass is 386 g/mol. The maximum absolute atomic E-state index is 13.8. The number of carbonyl (C=O) groups is 1. The molecule has 0 aliphatic carbocycles. The molecule has 0 spiro atoms. The third kappa shape index (κ3) is 5.00. The van der Waals surface area contributed by atoms with Crippen LogP contribution in [0.4, 0.5) is 10.1 Å². The standard InChI is InChI=1S/C17H27FN4O3S/c1-4-21(5-2)26(24,25)22-10-8-20(9-11-22)13-17(23)19-16-7-6-14(3)12-15(16)18/h6-7,12H,4-5,8-11,13H2,1-3H3,(H,19,23). The highest BCUT2D eigenvalue weighted by molar-refractivity contribution is 7.86. The van der Waals surface area contributed by atoms with Crippen LogP contribution in [0.5, 0.6) is 0 Å². The molecule has 1 aromatic carbocycles. The Morgan fingerprint density at radius 2 is 1.81 bits per heavy atom. The molecule has 1 aromatic rings. The predicted octanol–water partition coefficient (Wildman–Crippen LogP) is 1.28. The van der Waals surface area contributed by atoms with Crippen molar-refractivity contribution in [1.82, 2.24) is 13.5 Å². The first kappa shape index (κ1) is 20.8. The van der Waals surface area contributed by atoms with Gasteiger partial charge in [0.25, 0.3) is 10.2 Å². The Kier molecular flexibility index (Phi) is 7.10. The number of carbonyl (C=O) groups excluding carboxylic acids is 1. The van der Waals surface area contributed by atoms with Crippen LogP contribution in [0, 0.1) is 12.7 Å². The fraction of sp³-hybridized carbons (Fsp3) is 0.588. The van der Waals surface area contributed by atoms with E-state index in [1.807, 2.05) is 18.7 Å². The van der Waals surface area contributed by atoms with Crippen LogP contribution in [-0.4, -0.2) is 73.6 Å². The van der Waals surface area contributed by atoms with Crippen LogP contribution in [0.1, 0.15) is 19.4 Å². The van der Waals surface area contributed by atoms with E-state index in [1.165, 1.54) is 20.7 Å². The van der Waals surface area contributed by atoms with Crippen molar-refractivity contribution in [2.45, 2.75) is 20.8 Å². The Hall–Kier alpha value is -1.55. The van der Waals surface area contributed by atoms with Crippen LogP contribution in [0.25, 0.3) is 0 Å². The molecule has 0 unspecified atom stereocenters. The summed E-state index contributed by atoms with van der Waals surface area (Å²) in [6.45, 7) is 7.97. The summed E-state index contributed by atoms with van der Waals surface area (Å²) in [7, 11) is -3.44. The molecule has 0 saturated carbocycles. The van der Waals surface area contributed by atoms with E-state index in [9.17, 15) is 17.6 Å². The number of benzene rings is 1. The normalized spacial score (nSPS) is 16.8. The second-order valence-electron chi connectivity index (χ2n) is 6.30. The highest BCUT2D eigenvalue weighted by atomic mass is 32.2. The van der Waals surface area contributed by atoms with Gasteiger partial charge in [0, 0.05) is 39.3 Å². The quantitative estimate of drug-likeness (QED) is 0.766. The number of rotatable bonds is 7. The van der Waals surface area contributed by atoms with Crippen LogP contribution >= 0.6 is 0 Å². The molecule has 1 aliphatic heterocycles. The van der Waals surface area contributed by atoms with Crippen LogP contribution in [-0.2, 0) is 15.0 Å². The molecule has 0 radical (unpaired) electrons. The van der Waals surface area contributed by atoms with E-state index >= 15 is 0 Å². The van der Waals surface area contributed by atoms with Gasteiger partial charge in [-0.05, 0) is 24.6 Å². The van der Waals surface area contributed by atoms with Gasteiger partial charge in [0.05, 0.1) is 12.2 Å². The number of nitrogens with zero attached hydrogens (tertiary/aromatic N) is 3. The van der Waals surface area contributed by atoms with Crippen LogP contribution in [0.15, 0.2) is 18.2 Å². The van der Waals surface area contributed by atoms with Crippen molar-refractivity contribution in [3.63, 3.8) is 0 Å². The number of amides is 1. The van der Waals surface area contributed by atoms with E-state index in [0.717, 1.165) is 5.56 Å². The lowest BCUT2D eigenvalue weighted by atomic mass is 10.2. The van der Waals surface area contributed by atoms with Crippen molar-refractivity contribution >= 4 is 21.8 Å². The molecule has 146 valence electrons. The SMILES string of the molecule is CCN(CC)S(=O)(=O)N1CCN(CC(=O)Nc2ccc(C)cc2F)CC1. The minimum absolute atomic E-state index is 0.104. The van der Waals surface area contributed by atoms with Crippen molar-refractivity contribution in [2.75, 3.05) is 51.1 Å². The summed E-state index contributed by atoms with van der Waals surface area (Å²) in [4.78, 5) is 14.0. The van der Waals surface area contributed by atoms with Gasteiger partial charge in [-0.3, -0.25) is 9.69 Å². The van der Waals surface area contributed by atoms with Crippen molar-refractivity contribution < 1.29 is 17.6 Å². The first-order valence-electron chi connectivity index (χ1n) is 8.81. The lowest BCUT2D eigenvalue weighted by Crippen LogP contribution is -2.54. The maximum atomic E-state index is 13.8. The number of nitrogens with one attached hydrogen (secondary N) is 1. The fourth-order valence-corrected chi connectivity index (χ4v) is 4.55. The van der Waals surface area contributed by atoms with Gasteiger partial charge < -0.3 is 5.32 Å². The summed E-state index contributed by atoms with van der Waals surface area (Å²) in [6, 6.07) is 4.64. The third-order valence-electron chi connectivity index (χ3n) is 4.46. The van der Waals surface area contributed by atoms with Crippen LogP contribution < -0.4 is 5.32 Å². The Morgan fingerprint density at radius 3 is 2.35 bits per heavy atom. The molecular weight excluding hydrogens is 359 g/mol. The maximum Gasteiger partial charge on any atom is 0.282 e. The fourth-order valence-electron chi connectivity index (χ4n) is 2.95. The molecule has 1 fully saturated rings. The Morgan fingerprint density at radius 1 is 1.19 bits per heavy atom. The number of halogens is 1. The lowest BCUT2D eigenvalue weighted by Gasteiger charge is -2.35. The second-order valence-corrected chi connectivity index (χ2v) is 8.23. The Balaban J connectivity index is 1.87. The number of aryl methyl sites for hydroxylation is 1. The highest BCUT2D eigenvalue weighted by Gasteiger charge is 2.31. The van der Waals surface area contributed by atoms with E-state index in [2.05, 4.69) is 5.32 Å². The minimum Gasteiger partial charge on any atom is -0.322 e. The van der Waals surface area contributed by atoms with Gasteiger partial charge in [0.2, 0.25) is 5.91 Å². The molecule has 1 heterocycles. The lowest BCUT2D eigenvalue weighted by molar-refractivity contribution is -0.117. The number of piperazine rings is 1. The second kappa shape index (κ2) is 8.90. The first-order chi connectivity index (χ1) is 12.3. The largest absolute Gasteiger partial charge is 0.322 e. The summed E-state index contributed by atoms with van der Waals surface area (Å²) in [5, 5.41) is 2.57. The van der Waals surface area contributed by atoms with E-state index in [4.69, 9.17) is 0 Å². The Bertz CT molecular complexity index is 730. The van der Waals surface area contributed by atoms with Gasteiger partial charge in [-0.2, -0.15) is 17.0 Å². The summed E-state index contributed by atoms with van der Waals surface area (Å²) in [5.41, 5.74) is 0.939. The molecule has 1 N–H and O–H groups in total. The summed E-state index contributed by atoms with van der Waals surface area (Å²) >= 11 is 0. The molecule has 0 bridgehead atoms. The number of anilines is 1. The molecule has 0 atom stereocenters. The molecule has 26 heavy (non-hydrogen) atoms. The van der Waals surface area contributed by atoms with Crippen molar-refractivity contribution in [1.29, 1.82) is 0 Å². The minimum atomic E-state index is -3.44. The number of hydrogen-bond donors (Lipinski definition) is 1. The topological polar surface area (TPSA) is 73.0 Å². The average Bonchev–Trinajstić information content (AvgIpc) is 2.59. The van der Waals surface area contributed by atoms with E-state index in [-0.39, 0.29) is 18.1 Å². The van der Waals surface area contributed by atoms with Crippen molar-refractivity contribution in [3.8, 4) is 0 Å². The average molecular weight is 386 g/mol. The highest BCUT2D eigenvalue weighted by Crippen LogP contribution is 2.16.